The van der Waals surface area contributed by atoms with Gasteiger partial charge in [0.05, 0.1) is 16.3 Å². The molecule has 130 valence electrons. The molecule has 0 aliphatic carbocycles. The molecule has 27 heavy (non-hydrogen) atoms. The van der Waals surface area contributed by atoms with Crippen molar-refractivity contribution in [2.45, 2.75) is 0 Å². The lowest BCUT2D eigenvalue weighted by molar-refractivity contribution is 1.05. The van der Waals surface area contributed by atoms with Crippen molar-refractivity contribution in [3.05, 3.63) is 89.8 Å². The van der Waals surface area contributed by atoms with E-state index in [0.717, 1.165) is 38.3 Å². The third-order valence-corrected chi connectivity index (χ3v) is 5.95. The molecule has 0 amide bonds. The van der Waals surface area contributed by atoms with Gasteiger partial charge in [0, 0.05) is 22.7 Å². The molecule has 0 radical (unpaired) electrons. The van der Waals surface area contributed by atoms with Gasteiger partial charge in [-0.25, -0.2) is 9.97 Å². The Morgan fingerprint density at radius 1 is 0.704 bits per heavy atom. The Kier molecular flexibility index (Phi) is 4.16. The van der Waals surface area contributed by atoms with Crippen LogP contribution in [-0.4, -0.2) is 14.5 Å². The minimum absolute atomic E-state index is 0.923. The SMILES string of the molecule is c1ccc(-c2nc(-c3cccs3)n(-c3nccs3)c2-c2ccccc2)cc1. The van der Waals surface area contributed by atoms with Gasteiger partial charge < -0.3 is 0 Å². The maximum Gasteiger partial charge on any atom is 0.195 e. The number of hydrogen-bond donors (Lipinski definition) is 0. The molecule has 0 bridgehead atoms. The highest BCUT2D eigenvalue weighted by molar-refractivity contribution is 7.13. The summed E-state index contributed by atoms with van der Waals surface area (Å²) < 4.78 is 2.19. The monoisotopic (exact) mass is 385 g/mol. The highest BCUT2D eigenvalue weighted by atomic mass is 32.1. The first kappa shape index (κ1) is 16.2. The van der Waals surface area contributed by atoms with E-state index in [9.17, 15) is 0 Å². The van der Waals surface area contributed by atoms with Crippen molar-refractivity contribution in [2.75, 3.05) is 0 Å². The number of benzene rings is 2. The maximum atomic E-state index is 5.10. The Morgan fingerprint density at radius 3 is 2.07 bits per heavy atom. The minimum Gasteiger partial charge on any atom is -0.266 e. The second-order valence-corrected chi connectivity index (χ2v) is 7.81. The summed E-state index contributed by atoms with van der Waals surface area (Å²) in [5, 5.41) is 5.01. The lowest BCUT2D eigenvalue weighted by Crippen LogP contribution is -1.98. The summed E-state index contributed by atoms with van der Waals surface area (Å²) >= 11 is 3.31. The van der Waals surface area contributed by atoms with Gasteiger partial charge in [-0.2, -0.15) is 0 Å². The summed E-state index contributed by atoms with van der Waals surface area (Å²) in [6, 6.07) is 25.0. The van der Waals surface area contributed by atoms with Crippen LogP contribution >= 0.6 is 22.7 Å². The largest absolute Gasteiger partial charge is 0.266 e. The Bertz CT molecular complexity index is 1140. The van der Waals surface area contributed by atoms with Crippen molar-refractivity contribution in [3.63, 3.8) is 0 Å². The second kappa shape index (κ2) is 6.95. The van der Waals surface area contributed by atoms with Gasteiger partial charge in [0.1, 0.15) is 0 Å². The molecular formula is C22H15N3S2. The van der Waals surface area contributed by atoms with Crippen LogP contribution in [-0.2, 0) is 0 Å². The summed E-state index contributed by atoms with van der Waals surface area (Å²) in [5.41, 5.74) is 4.27. The van der Waals surface area contributed by atoms with E-state index in [2.05, 4.69) is 75.6 Å². The van der Waals surface area contributed by atoms with Crippen molar-refractivity contribution in [3.8, 4) is 38.3 Å². The van der Waals surface area contributed by atoms with Crippen LogP contribution in [0.25, 0.3) is 38.3 Å². The molecule has 0 spiro atoms. The van der Waals surface area contributed by atoms with Crippen LogP contribution in [0.1, 0.15) is 0 Å². The van der Waals surface area contributed by atoms with Crippen molar-refractivity contribution < 1.29 is 0 Å². The van der Waals surface area contributed by atoms with E-state index in [0.29, 0.717) is 0 Å². The molecule has 5 heteroatoms. The van der Waals surface area contributed by atoms with E-state index >= 15 is 0 Å². The Hall–Kier alpha value is -3.02. The highest BCUT2D eigenvalue weighted by Crippen LogP contribution is 2.39. The van der Waals surface area contributed by atoms with Crippen LogP contribution in [0, 0.1) is 0 Å². The van der Waals surface area contributed by atoms with Crippen molar-refractivity contribution in [1.29, 1.82) is 0 Å². The summed E-state index contributed by atoms with van der Waals surface area (Å²) in [6.45, 7) is 0. The predicted molar refractivity (Wildman–Crippen MR) is 113 cm³/mol. The van der Waals surface area contributed by atoms with E-state index in [-0.39, 0.29) is 0 Å². The standard InChI is InChI=1S/C22H15N3S2/c1-3-8-16(9-4-1)19-20(17-10-5-2-6-11-17)25(22-23-13-15-27-22)21(24-19)18-12-7-14-26-18/h1-15H. The van der Waals surface area contributed by atoms with Gasteiger partial charge in [0.25, 0.3) is 0 Å². The smallest absolute Gasteiger partial charge is 0.195 e. The summed E-state index contributed by atoms with van der Waals surface area (Å²) in [6.07, 6.45) is 1.84. The molecule has 0 N–H and O–H groups in total. The summed E-state index contributed by atoms with van der Waals surface area (Å²) in [4.78, 5) is 10.8. The fourth-order valence-electron chi connectivity index (χ4n) is 3.16. The number of hydrogen-bond acceptors (Lipinski definition) is 4. The van der Waals surface area contributed by atoms with E-state index in [4.69, 9.17) is 4.98 Å². The molecule has 3 nitrogen and oxygen atoms in total. The number of nitrogens with zero attached hydrogens (tertiary/aromatic N) is 3. The molecule has 0 unspecified atom stereocenters. The van der Waals surface area contributed by atoms with Crippen molar-refractivity contribution >= 4 is 22.7 Å². The average molecular weight is 386 g/mol. The molecule has 0 aliphatic heterocycles. The van der Waals surface area contributed by atoms with Gasteiger partial charge in [-0.1, -0.05) is 66.7 Å². The van der Waals surface area contributed by atoms with Gasteiger partial charge in [-0.3, -0.25) is 4.57 Å². The molecule has 0 saturated carbocycles. The molecule has 5 rings (SSSR count). The first-order valence-electron chi connectivity index (χ1n) is 8.59. The van der Waals surface area contributed by atoms with Crippen LogP contribution < -0.4 is 0 Å². The number of imidazole rings is 1. The van der Waals surface area contributed by atoms with Crippen LogP contribution in [0.5, 0.6) is 0 Å². The zero-order chi connectivity index (χ0) is 18.1. The average Bonchev–Trinajstić information content (AvgIpc) is 3.48. The van der Waals surface area contributed by atoms with Crippen LogP contribution in [0.2, 0.25) is 0 Å². The Labute approximate surface area is 165 Å². The third-order valence-electron chi connectivity index (χ3n) is 4.32. The molecular weight excluding hydrogens is 370 g/mol. The summed E-state index contributed by atoms with van der Waals surface area (Å²) in [7, 11) is 0. The quantitative estimate of drug-likeness (QED) is 0.359. The zero-order valence-corrected chi connectivity index (χ0v) is 16.0. The first-order valence-corrected chi connectivity index (χ1v) is 10.3. The van der Waals surface area contributed by atoms with Crippen LogP contribution in [0.3, 0.4) is 0 Å². The fourth-order valence-corrected chi connectivity index (χ4v) is 4.51. The number of aromatic nitrogens is 3. The Morgan fingerprint density at radius 2 is 1.44 bits per heavy atom. The van der Waals surface area contributed by atoms with Crippen LogP contribution in [0.15, 0.2) is 89.8 Å². The molecule has 5 aromatic rings. The third kappa shape index (κ3) is 2.91. The molecule has 0 saturated heterocycles. The van der Waals surface area contributed by atoms with E-state index in [1.54, 1.807) is 22.7 Å². The van der Waals surface area contributed by atoms with Gasteiger partial charge in [0.15, 0.2) is 11.0 Å². The number of thiazole rings is 1. The number of rotatable bonds is 4. The van der Waals surface area contributed by atoms with Crippen molar-refractivity contribution in [2.24, 2.45) is 0 Å². The molecule has 3 heterocycles. The number of thiophene rings is 1. The Balaban J connectivity index is 1.88. The summed E-state index contributed by atoms with van der Waals surface area (Å²) in [5.74, 6) is 0.928. The van der Waals surface area contributed by atoms with E-state index < -0.39 is 0 Å². The van der Waals surface area contributed by atoms with Gasteiger partial charge in [0.2, 0.25) is 0 Å². The normalized spacial score (nSPS) is 11.0. The van der Waals surface area contributed by atoms with Gasteiger partial charge in [-0.15, -0.1) is 22.7 Å². The van der Waals surface area contributed by atoms with E-state index in [1.807, 2.05) is 23.7 Å². The fraction of sp³-hybridized carbons (Fsp3) is 0. The van der Waals surface area contributed by atoms with Gasteiger partial charge in [-0.05, 0) is 11.4 Å². The zero-order valence-electron chi connectivity index (χ0n) is 14.3. The molecule has 2 aromatic carbocycles. The van der Waals surface area contributed by atoms with Crippen LogP contribution in [0.4, 0.5) is 0 Å². The maximum absolute atomic E-state index is 5.10. The molecule has 3 aromatic heterocycles. The molecule has 0 aliphatic rings. The highest BCUT2D eigenvalue weighted by Gasteiger charge is 2.23. The van der Waals surface area contributed by atoms with E-state index in [1.165, 1.54) is 0 Å². The predicted octanol–water partition coefficient (Wildman–Crippen LogP) is 6.39. The van der Waals surface area contributed by atoms with Crippen molar-refractivity contribution in [1.82, 2.24) is 14.5 Å². The lowest BCUT2D eigenvalue weighted by Gasteiger charge is -2.10. The molecule has 0 atom stereocenters. The topological polar surface area (TPSA) is 30.7 Å². The lowest BCUT2D eigenvalue weighted by atomic mass is 10.0. The first-order chi connectivity index (χ1) is 13.4. The van der Waals surface area contributed by atoms with Gasteiger partial charge >= 0.3 is 0 Å². The molecule has 0 fully saturated rings. The second-order valence-electron chi connectivity index (χ2n) is 5.99. The minimum atomic E-state index is 0.923.